The van der Waals surface area contributed by atoms with E-state index in [-0.39, 0.29) is 32.1 Å². The Morgan fingerprint density at radius 1 is 0.756 bits per heavy atom. The van der Waals surface area contributed by atoms with Crippen LogP contribution < -0.4 is 4.90 Å². The summed E-state index contributed by atoms with van der Waals surface area (Å²) < 4.78 is 97.3. The van der Waals surface area contributed by atoms with Crippen LogP contribution in [0.25, 0.3) is 17.0 Å². The summed E-state index contributed by atoms with van der Waals surface area (Å²) >= 11 is 0. The summed E-state index contributed by atoms with van der Waals surface area (Å²) in [7, 11) is -5.02. The highest BCUT2D eigenvalue weighted by molar-refractivity contribution is 7.89. The van der Waals surface area contributed by atoms with E-state index in [0.29, 0.717) is 16.0 Å². The molecule has 6 rings (SSSR count). The van der Waals surface area contributed by atoms with Gasteiger partial charge in [0.15, 0.2) is 28.2 Å². The first-order valence-electron chi connectivity index (χ1n) is 13.3. The van der Waals surface area contributed by atoms with Gasteiger partial charge in [0, 0.05) is 37.9 Å². The zero-order chi connectivity index (χ0) is 28.9. The fourth-order valence-corrected chi connectivity index (χ4v) is 7.10. The Morgan fingerprint density at radius 2 is 1.37 bits per heavy atom. The summed E-state index contributed by atoms with van der Waals surface area (Å²) in [4.78, 5) is 8.54. The Morgan fingerprint density at radius 3 is 2.00 bits per heavy atom. The van der Waals surface area contributed by atoms with Crippen molar-refractivity contribution in [2.75, 3.05) is 31.1 Å². The second-order valence-corrected chi connectivity index (χ2v) is 12.1. The summed E-state index contributed by atoms with van der Waals surface area (Å²) in [6.45, 7) is -0.561. The summed E-state index contributed by atoms with van der Waals surface area (Å²) in [5, 5.41) is 4.57. The molecule has 2 aliphatic rings. The number of hydrogen-bond acceptors (Lipinski definition) is 6. The predicted molar refractivity (Wildman–Crippen MR) is 139 cm³/mol. The summed E-state index contributed by atoms with van der Waals surface area (Å²) in [6.07, 6.45) is 7.79. The standard InChI is InChI=1S/C27H25F5N6O2S/c28-20-21(29)23(31)25(24(32)22(20)30)41(39,40)37-14-12-36(13-15-37)27-34-26-33-11-10-19(38(26)35-27)18-8-6-17(7-9-18)16-4-2-1-3-5-16/h6-11,16H,1-5,12-15H2. The third kappa shape index (κ3) is 4.82. The highest BCUT2D eigenvalue weighted by Gasteiger charge is 2.38. The molecule has 1 aliphatic carbocycles. The quantitative estimate of drug-likeness (QED) is 0.183. The fraction of sp³-hybridized carbons (Fsp3) is 0.370. The van der Waals surface area contributed by atoms with Gasteiger partial charge in [0.05, 0.1) is 5.69 Å². The molecule has 0 spiro atoms. The number of piperazine rings is 1. The molecular formula is C27H25F5N6O2S. The molecule has 1 saturated carbocycles. The van der Waals surface area contributed by atoms with E-state index in [2.05, 4.69) is 27.2 Å². The van der Waals surface area contributed by atoms with E-state index >= 15 is 0 Å². The molecular weight excluding hydrogens is 567 g/mol. The smallest absolute Gasteiger partial charge is 0.254 e. The predicted octanol–water partition coefficient (Wildman–Crippen LogP) is 5.05. The molecule has 1 saturated heterocycles. The molecule has 0 amide bonds. The fourth-order valence-electron chi connectivity index (χ4n) is 5.57. The van der Waals surface area contributed by atoms with Crippen molar-refractivity contribution in [2.24, 2.45) is 0 Å². The number of nitrogens with zero attached hydrogens (tertiary/aromatic N) is 6. The van der Waals surface area contributed by atoms with Gasteiger partial charge in [0.2, 0.25) is 21.8 Å². The van der Waals surface area contributed by atoms with Gasteiger partial charge in [0.25, 0.3) is 5.78 Å². The number of rotatable bonds is 5. The van der Waals surface area contributed by atoms with Crippen LogP contribution in [0.4, 0.5) is 27.9 Å². The molecule has 2 fully saturated rings. The summed E-state index contributed by atoms with van der Waals surface area (Å²) in [5.41, 5.74) is 3.00. The maximum Gasteiger partial charge on any atom is 0.254 e. The highest BCUT2D eigenvalue weighted by atomic mass is 32.2. The lowest BCUT2D eigenvalue weighted by Gasteiger charge is -2.33. The van der Waals surface area contributed by atoms with Gasteiger partial charge in [0.1, 0.15) is 0 Å². The summed E-state index contributed by atoms with van der Waals surface area (Å²) in [6, 6.07) is 10.2. The van der Waals surface area contributed by atoms with Crippen molar-refractivity contribution in [3.05, 3.63) is 71.2 Å². The van der Waals surface area contributed by atoms with E-state index < -0.39 is 44.0 Å². The Hall–Kier alpha value is -3.65. The van der Waals surface area contributed by atoms with Crippen LogP contribution in [0.1, 0.15) is 43.6 Å². The van der Waals surface area contributed by atoms with Crippen molar-refractivity contribution < 1.29 is 30.4 Å². The van der Waals surface area contributed by atoms with Crippen molar-refractivity contribution in [1.29, 1.82) is 0 Å². The van der Waals surface area contributed by atoms with E-state index in [9.17, 15) is 30.4 Å². The summed E-state index contributed by atoms with van der Waals surface area (Å²) in [5.74, 6) is -10.7. The number of hydrogen-bond donors (Lipinski definition) is 0. The minimum atomic E-state index is -5.02. The van der Waals surface area contributed by atoms with Gasteiger partial charge in [-0.25, -0.2) is 35.4 Å². The lowest BCUT2D eigenvalue weighted by atomic mass is 9.84. The SMILES string of the molecule is O=S(=O)(c1c(F)c(F)c(F)c(F)c1F)N1CCN(c2nc3nccc(-c4ccc(C5CCCCC5)cc4)n3n2)CC1. The molecule has 0 atom stereocenters. The van der Waals surface area contributed by atoms with E-state index in [4.69, 9.17) is 0 Å². The van der Waals surface area contributed by atoms with E-state index in [1.165, 1.54) is 37.7 Å². The van der Waals surface area contributed by atoms with Crippen LogP contribution in [-0.2, 0) is 10.0 Å². The number of halogens is 5. The molecule has 4 aromatic rings. The second kappa shape index (κ2) is 10.6. The van der Waals surface area contributed by atoms with Crippen molar-refractivity contribution in [3.63, 3.8) is 0 Å². The largest absolute Gasteiger partial charge is 0.337 e. The third-order valence-corrected chi connectivity index (χ3v) is 9.72. The van der Waals surface area contributed by atoms with Gasteiger partial charge in [-0.3, -0.25) is 0 Å². The van der Waals surface area contributed by atoms with Gasteiger partial charge < -0.3 is 4.90 Å². The first-order chi connectivity index (χ1) is 19.7. The average molecular weight is 593 g/mol. The van der Waals surface area contributed by atoms with Crippen LogP contribution in [0.2, 0.25) is 0 Å². The maximum absolute atomic E-state index is 14.2. The van der Waals surface area contributed by atoms with E-state index in [0.717, 1.165) is 11.3 Å². The Bertz CT molecular complexity index is 1690. The number of anilines is 1. The average Bonchev–Trinajstić information content (AvgIpc) is 3.44. The minimum absolute atomic E-state index is 0.0108. The van der Waals surface area contributed by atoms with Crippen molar-refractivity contribution in [1.82, 2.24) is 23.9 Å². The molecule has 0 N–H and O–H groups in total. The molecule has 3 heterocycles. The minimum Gasteiger partial charge on any atom is -0.337 e. The van der Waals surface area contributed by atoms with Crippen LogP contribution in [0.15, 0.2) is 41.4 Å². The molecule has 1 aliphatic heterocycles. The Labute approximate surface area is 232 Å². The lowest BCUT2D eigenvalue weighted by molar-refractivity contribution is 0.344. The van der Waals surface area contributed by atoms with Crippen molar-refractivity contribution in [3.8, 4) is 11.3 Å². The molecule has 0 radical (unpaired) electrons. The zero-order valence-corrected chi connectivity index (χ0v) is 22.5. The monoisotopic (exact) mass is 592 g/mol. The van der Waals surface area contributed by atoms with Crippen LogP contribution in [0.5, 0.6) is 0 Å². The van der Waals surface area contributed by atoms with Crippen molar-refractivity contribution in [2.45, 2.75) is 42.9 Å². The number of benzene rings is 2. The van der Waals surface area contributed by atoms with Gasteiger partial charge >= 0.3 is 0 Å². The number of aromatic nitrogens is 4. The number of sulfonamides is 1. The molecule has 8 nitrogen and oxygen atoms in total. The second-order valence-electron chi connectivity index (χ2n) is 10.2. The molecule has 216 valence electrons. The van der Waals surface area contributed by atoms with Crippen LogP contribution >= 0.6 is 0 Å². The lowest BCUT2D eigenvalue weighted by Crippen LogP contribution is -2.49. The van der Waals surface area contributed by atoms with Gasteiger partial charge in [-0.2, -0.15) is 13.8 Å². The van der Waals surface area contributed by atoms with Gasteiger partial charge in [-0.1, -0.05) is 43.5 Å². The molecule has 0 unspecified atom stereocenters. The maximum atomic E-state index is 14.2. The first kappa shape index (κ1) is 27.5. The Balaban J connectivity index is 1.21. The molecule has 0 bridgehead atoms. The molecule has 2 aromatic heterocycles. The Kier molecular flexibility index (Phi) is 7.14. The first-order valence-corrected chi connectivity index (χ1v) is 14.7. The van der Waals surface area contributed by atoms with E-state index in [1.54, 1.807) is 15.6 Å². The normalized spacial score (nSPS) is 17.4. The zero-order valence-electron chi connectivity index (χ0n) is 21.7. The van der Waals surface area contributed by atoms with Crippen molar-refractivity contribution >= 4 is 21.7 Å². The van der Waals surface area contributed by atoms with Gasteiger partial charge in [-0.15, -0.1) is 5.10 Å². The van der Waals surface area contributed by atoms with Crippen LogP contribution in [-0.4, -0.2) is 58.5 Å². The van der Waals surface area contributed by atoms with Crippen LogP contribution in [0.3, 0.4) is 0 Å². The molecule has 14 heteroatoms. The van der Waals surface area contributed by atoms with Crippen LogP contribution in [0, 0.1) is 29.1 Å². The highest BCUT2D eigenvalue weighted by Crippen LogP contribution is 2.34. The van der Waals surface area contributed by atoms with E-state index in [1.807, 2.05) is 18.2 Å². The molecule has 41 heavy (non-hydrogen) atoms. The third-order valence-electron chi connectivity index (χ3n) is 7.80. The van der Waals surface area contributed by atoms with Gasteiger partial charge in [-0.05, 0) is 30.4 Å². The number of fused-ring (bicyclic) bond motifs is 1. The topological polar surface area (TPSA) is 83.7 Å². The molecule has 2 aromatic carbocycles.